The van der Waals surface area contributed by atoms with Crippen LogP contribution in [0.4, 0.5) is 0 Å². The van der Waals surface area contributed by atoms with Gasteiger partial charge in [-0.3, -0.25) is 0 Å². The Kier molecular flexibility index (Phi) is 13.1. The van der Waals surface area contributed by atoms with Gasteiger partial charge >= 0.3 is 0 Å². The van der Waals surface area contributed by atoms with Crippen molar-refractivity contribution in [1.29, 1.82) is 0 Å². The fourth-order valence-electron chi connectivity index (χ4n) is 8.44. The molecule has 7 aromatic rings. The average molecular weight is 962 g/mol. The van der Waals surface area contributed by atoms with Crippen molar-refractivity contribution in [2.24, 2.45) is 11.8 Å². The zero-order valence-corrected chi connectivity index (χ0v) is 39.5. The summed E-state index contributed by atoms with van der Waals surface area (Å²) in [6, 6.07) is 38.3. The predicted octanol–water partition coefficient (Wildman–Crippen LogP) is 13.6. The Hall–Kier alpha value is -4.22. The van der Waals surface area contributed by atoms with Crippen LogP contribution in [-0.2, 0) is 37.4 Å². The standard InChI is InChI=1S/C30H27N2O.C22H32NSi.Ir/c1-30(2,21-11-6-7-12-21)22-17-18-31-27(19-22)25-14-8-13-23-24-15-16-26(20-9-4-3-5-10-20)32-29(24)33-28(23)25;1-16(2)12-18-14-20(23-15-21(18)24(6,7)8)17-10-9-11-19(13-17)22(3,4)5;/h3-5,8-10,13,15-19,21H,6-7,11-12H2,1-2H3;9,11,13-16H,12H2,1-8H3;/q2*-1;. The number of furan rings is 1. The van der Waals surface area contributed by atoms with Crippen molar-refractivity contribution in [3.05, 3.63) is 132 Å². The van der Waals surface area contributed by atoms with Gasteiger partial charge in [-0.05, 0) is 82.3 Å². The smallest absolute Gasteiger partial charge is 0.216 e. The van der Waals surface area contributed by atoms with Gasteiger partial charge in [-0.1, -0.05) is 140 Å². The fraction of sp³-hybridized carbons (Fsp3) is 0.365. The van der Waals surface area contributed by atoms with E-state index in [1.165, 1.54) is 47.6 Å². The maximum absolute atomic E-state index is 6.34. The van der Waals surface area contributed by atoms with Crippen molar-refractivity contribution in [3.8, 4) is 33.8 Å². The molecule has 1 fully saturated rings. The Bertz CT molecular complexity index is 2480. The van der Waals surface area contributed by atoms with Gasteiger partial charge in [-0.15, -0.1) is 53.6 Å². The normalized spacial score (nSPS) is 13.8. The van der Waals surface area contributed by atoms with Crippen LogP contribution in [-0.4, -0.2) is 23.0 Å². The maximum Gasteiger partial charge on any atom is 0.216 e. The van der Waals surface area contributed by atoms with Gasteiger partial charge in [-0.2, -0.15) is 0 Å². The number of nitrogens with zero attached hydrogens (tertiary/aromatic N) is 3. The first-order chi connectivity index (χ1) is 27.1. The summed E-state index contributed by atoms with van der Waals surface area (Å²) in [5, 5.41) is 3.56. The van der Waals surface area contributed by atoms with Crippen molar-refractivity contribution < 1.29 is 24.5 Å². The van der Waals surface area contributed by atoms with E-state index in [1.807, 2.05) is 36.5 Å². The largest absolute Gasteiger partial charge is 0.486 e. The summed E-state index contributed by atoms with van der Waals surface area (Å²) in [6.45, 7) is 23.3. The minimum Gasteiger partial charge on any atom is -0.486 e. The molecule has 0 aliphatic heterocycles. The SMILES string of the molecule is CC(C)(c1ccnc(-c2[c-]ccc3c2oc2nc(-c4ccccc4)ccc23)c1)C1CCCC1.CC(C)Cc1cc(-c2[c-]ccc(C(C)(C)C)c2)ncc1[Si](C)(C)C.[Ir]. The molecule has 4 heterocycles. The van der Waals surface area contributed by atoms with E-state index in [9.17, 15) is 0 Å². The summed E-state index contributed by atoms with van der Waals surface area (Å²) in [5.41, 5.74) is 11.8. The Morgan fingerprint density at radius 2 is 1.48 bits per heavy atom. The van der Waals surface area contributed by atoms with E-state index in [1.54, 1.807) is 0 Å². The number of benzene rings is 3. The molecule has 0 unspecified atom stereocenters. The Labute approximate surface area is 361 Å². The van der Waals surface area contributed by atoms with Crippen molar-refractivity contribution in [1.82, 2.24) is 15.0 Å². The summed E-state index contributed by atoms with van der Waals surface area (Å²) in [4.78, 5) is 14.4. The molecule has 8 rings (SSSR count). The molecule has 1 aliphatic rings. The van der Waals surface area contributed by atoms with E-state index in [2.05, 4.69) is 147 Å². The predicted molar refractivity (Wildman–Crippen MR) is 243 cm³/mol. The monoisotopic (exact) mass is 962 g/mol. The molecule has 3 aromatic carbocycles. The summed E-state index contributed by atoms with van der Waals surface area (Å²) >= 11 is 0. The third-order valence-electron chi connectivity index (χ3n) is 11.9. The number of hydrogen-bond acceptors (Lipinski definition) is 4. The molecule has 1 saturated carbocycles. The second-order valence-electron chi connectivity index (χ2n) is 19.1. The molecule has 0 saturated heterocycles. The van der Waals surface area contributed by atoms with E-state index in [-0.39, 0.29) is 30.9 Å². The van der Waals surface area contributed by atoms with E-state index in [4.69, 9.17) is 19.4 Å². The first-order valence-electron chi connectivity index (χ1n) is 20.9. The van der Waals surface area contributed by atoms with E-state index in [0.29, 0.717) is 11.6 Å². The number of hydrogen-bond donors (Lipinski definition) is 0. The van der Waals surface area contributed by atoms with Gasteiger partial charge in [0.05, 0.1) is 19.4 Å². The molecule has 0 spiro atoms. The van der Waals surface area contributed by atoms with Gasteiger partial charge in [0.25, 0.3) is 0 Å². The van der Waals surface area contributed by atoms with Crippen LogP contribution in [0.25, 0.3) is 55.8 Å². The van der Waals surface area contributed by atoms with Gasteiger partial charge in [0.2, 0.25) is 5.71 Å². The maximum atomic E-state index is 6.34. The Morgan fingerprint density at radius 1 is 0.759 bits per heavy atom. The molecule has 0 N–H and O–H groups in total. The molecule has 0 bridgehead atoms. The summed E-state index contributed by atoms with van der Waals surface area (Å²) in [5.74, 6) is 1.37. The zero-order valence-electron chi connectivity index (χ0n) is 36.1. The van der Waals surface area contributed by atoms with Crippen LogP contribution in [0.1, 0.15) is 90.8 Å². The molecule has 1 aliphatic carbocycles. The Morgan fingerprint density at radius 3 is 2.17 bits per heavy atom. The molecule has 58 heavy (non-hydrogen) atoms. The second-order valence-corrected chi connectivity index (χ2v) is 24.1. The molecular weight excluding hydrogens is 903 g/mol. The molecule has 1 radical (unpaired) electrons. The van der Waals surface area contributed by atoms with Crippen molar-refractivity contribution in [3.63, 3.8) is 0 Å². The van der Waals surface area contributed by atoms with E-state index in [0.717, 1.165) is 62.5 Å². The summed E-state index contributed by atoms with van der Waals surface area (Å²) in [7, 11) is -1.38. The minimum absolute atomic E-state index is 0. The van der Waals surface area contributed by atoms with Crippen LogP contribution in [0.15, 0.2) is 108 Å². The average Bonchev–Trinajstić information content (AvgIpc) is 3.87. The van der Waals surface area contributed by atoms with Crippen molar-refractivity contribution in [2.75, 3.05) is 0 Å². The van der Waals surface area contributed by atoms with E-state index < -0.39 is 8.07 Å². The quantitative estimate of drug-likeness (QED) is 0.112. The molecule has 303 valence electrons. The van der Waals surface area contributed by atoms with Crippen LogP contribution >= 0.6 is 0 Å². The molecule has 6 heteroatoms. The topological polar surface area (TPSA) is 51.8 Å². The fourth-order valence-corrected chi connectivity index (χ4v) is 10.0. The number of pyridine rings is 3. The summed E-state index contributed by atoms with van der Waals surface area (Å²) in [6.07, 6.45) is 10.5. The summed E-state index contributed by atoms with van der Waals surface area (Å²) < 4.78 is 6.34. The minimum atomic E-state index is -1.38. The number of fused-ring (bicyclic) bond motifs is 3. The van der Waals surface area contributed by atoms with Crippen LogP contribution in [0.5, 0.6) is 0 Å². The number of rotatable bonds is 8. The van der Waals surface area contributed by atoms with Gasteiger partial charge < -0.3 is 14.4 Å². The molecular formula is C52H59IrN3OSi-2. The van der Waals surface area contributed by atoms with Crippen LogP contribution in [0.2, 0.25) is 19.6 Å². The third-order valence-corrected chi connectivity index (χ3v) is 13.9. The first-order valence-corrected chi connectivity index (χ1v) is 24.4. The number of aromatic nitrogens is 3. The van der Waals surface area contributed by atoms with Crippen LogP contribution in [0.3, 0.4) is 0 Å². The second kappa shape index (κ2) is 17.6. The van der Waals surface area contributed by atoms with Gasteiger partial charge in [-0.25, -0.2) is 4.98 Å². The van der Waals surface area contributed by atoms with Gasteiger partial charge in [0.15, 0.2) is 0 Å². The zero-order chi connectivity index (χ0) is 40.5. The van der Waals surface area contributed by atoms with Crippen molar-refractivity contribution >= 4 is 35.3 Å². The first kappa shape index (κ1) is 43.4. The van der Waals surface area contributed by atoms with Gasteiger partial charge in [0.1, 0.15) is 0 Å². The van der Waals surface area contributed by atoms with Crippen LogP contribution < -0.4 is 5.19 Å². The molecule has 4 nitrogen and oxygen atoms in total. The van der Waals surface area contributed by atoms with E-state index >= 15 is 0 Å². The molecule has 0 atom stereocenters. The van der Waals surface area contributed by atoms with Crippen LogP contribution in [0, 0.1) is 24.0 Å². The van der Waals surface area contributed by atoms with Crippen molar-refractivity contribution in [2.45, 2.75) is 111 Å². The Balaban J connectivity index is 0.000000203. The third kappa shape index (κ3) is 9.46. The van der Waals surface area contributed by atoms with Gasteiger partial charge in [0, 0.05) is 43.4 Å². The molecule has 4 aromatic heterocycles. The molecule has 0 amide bonds.